The van der Waals surface area contributed by atoms with E-state index < -0.39 is 0 Å². The van der Waals surface area contributed by atoms with Gasteiger partial charge in [-0.2, -0.15) is 0 Å². The molecule has 550 valence electrons. The number of aromatic nitrogens is 2. The predicted octanol–water partition coefficient (Wildman–Crippen LogP) is 24.6. The van der Waals surface area contributed by atoms with Crippen LogP contribution >= 0.6 is 0 Å². The van der Waals surface area contributed by atoms with Gasteiger partial charge in [-0.25, -0.2) is 0 Å². The van der Waals surface area contributed by atoms with Gasteiger partial charge >= 0.3 is 13.7 Å². The number of hydrogen-bond acceptors (Lipinski definition) is 4. The minimum Gasteiger partial charge on any atom is -0.376 e. The van der Waals surface area contributed by atoms with Crippen molar-refractivity contribution in [2.75, 3.05) is 19.6 Å². The van der Waals surface area contributed by atoms with Crippen molar-refractivity contribution in [1.82, 2.24) is 8.96 Å². The van der Waals surface area contributed by atoms with Gasteiger partial charge in [-0.3, -0.25) is 0 Å². The highest BCUT2D eigenvalue weighted by Gasteiger charge is 2.48. The van der Waals surface area contributed by atoms with Crippen LogP contribution in [0.3, 0.4) is 0 Å². The molecule has 20 aromatic carbocycles. The molecule has 0 N–H and O–H groups in total. The highest BCUT2D eigenvalue weighted by Crippen LogP contribution is 2.51. The van der Waals surface area contributed by atoms with Gasteiger partial charge in [0.1, 0.15) is 0 Å². The van der Waals surface area contributed by atoms with Crippen molar-refractivity contribution >= 4 is 223 Å². The summed E-state index contributed by atoms with van der Waals surface area (Å²) in [6, 6.07) is 152. The van der Waals surface area contributed by atoms with Crippen LogP contribution < -0.4 is 52.0 Å². The number of rotatable bonds is 8. The van der Waals surface area contributed by atoms with E-state index in [9.17, 15) is 0 Å². The summed E-state index contributed by atoms with van der Waals surface area (Å²) in [5.74, 6) is 0. The third kappa shape index (κ3) is 9.86. The molecule has 0 atom stereocenters. The number of anilines is 12. The van der Waals surface area contributed by atoms with Crippen LogP contribution in [0.25, 0.3) is 120 Å². The molecule has 6 heterocycles. The Kier molecular flexibility index (Phi) is 14.0. The molecule has 0 spiro atoms. The Labute approximate surface area is 687 Å². The van der Waals surface area contributed by atoms with Gasteiger partial charge in [0.2, 0.25) is 0 Å². The van der Waals surface area contributed by atoms with Crippen molar-refractivity contribution in [3.63, 3.8) is 0 Å². The van der Waals surface area contributed by atoms with E-state index >= 15 is 0 Å². The lowest BCUT2D eigenvalue weighted by Gasteiger charge is -2.43. The van der Waals surface area contributed by atoms with Gasteiger partial charge in [0.25, 0.3) is 0 Å². The second-order valence-electron chi connectivity index (χ2n) is 32.8. The van der Waals surface area contributed by atoms with Crippen LogP contribution in [-0.2, 0) is 0 Å². The monoisotopic (exact) mass is 1510 g/mol. The molecule has 6 nitrogen and oxygen atoms in total. The summed E-state index contributed by atoms with van der Waals surface area (Å²) >= 11 is 0. The van der Waals surface area contributed by atoms with Crippen molar-refractivity contribution in [2.24, 2.45) is 0 Å². The van der Waals surface area contributed by atoms with E-state index in [1.807, 2.05) is 0 Å². The summed E-state index contributed by atoms with van der Waals surface area (Å²) in [7, 11) is 0. The Morgan fingerprint density at radius 2 is 0.588 bits per heavy atom. The number of fused-ring (bicyclic) bond motifs is 20. The van der Waals surface area contributed by atoms with E-state index in [4.69, 9.17) is 0 Å². The first-order valence-corrected chi connectivity index (χ1v) is 41.4. The van der Waals surface area contributed by atoms with Gasteiger partial charge in [-0.05, 0) is 259 Å². The number of nitrogens with zero attached hydrogens (tertiary/aromatic N) is 6. The second-order valence-corrected chi connectivity index (χ2v) is 32.8. The van der Waals surface area contributed by atoms with Gasteiger partial charge in [-0.1, -0.05) is 279 Å². The Hall–Kier alpha value is -15.4. The fraction of sp³-hybridized carbons (Fsp3) is 0.00901. The Morgan fingerprint density at radius 3 is 1.03 bits per heavy atom. The van der Waals surface area contributed by atoms with Gasteiger partial charge < -0.3 is 28.6 Å². The fourth-order valence-electron chi connectivity index (χ4n) is 21.1. The lowest BCUT2D eigenvalue weighted by molar-refractivity contribution is 1.14. The first-order valence-electron chi connectivity index (χ1n) is 41.4. The summed E-state index contributed by atoms with van der Waals surface area (Å²) in [5, 5.41) is 23.7. The smallest absolute Gasteiger partial charge is 0.333 e. The summed E-state index contributed by atoms with van der Waals surface area (Å²) in [5.41, 5.74) is 26.4. The minimum atomic E-state index is -0.317. The van der Waals surface area contributed by atoms with Crippen molar-refractivity contribution < 1.29 is 0 Å². The van der Waals surface area contributed by atoms with Crippen LogP contribution in [0.4, 0.5) is 68.2 Å². The zero-order valence-electron chi connectivity index (χ0n) is 65.0. The summed E-state index contributed by atoms with van der Waals surface area (Å²) in [4.78, 5) is 10.3. The molecule has 0 amide bonds. The van der Waals surface area contributed by atoms with Crippen molar-refractivity contribution in [3.8, 4) is 0 Å². The Morgan fingerprint density at radius 1 is 0.252 bits per heavy atom. The van der Waals surface area contributed by atoms with Crippen LogP contribution in [0.2, 0.25) is 0 Å². The van der Waals surface area contributed by atoms with Crippen LogP contribution in [0.1, 0.15) is 22.4 Å². The average molecular weight is 1510 g/mol. The van der Waals surface area contributed by atoms with E-state index in [1.54, 1.807) is 0 Å². The lowest BCUT2D eigenvalue weighted by Crippen LogP contribution is -2.61. The Bertz CT molecular complexity index is 8200. The molecule has 0 fully saturated rings. The molecular formula is C111H70B2N6. The zero-order chi connectivity index (χ0) is 77.8. The van der Waals surface area contributed by atoms with Crippen molar-refractivity contribution in [1.29, 1.82) is 0 Å². The third-order valence-electron chi connectivity index (χ3n) is 26.3. The summed E-state index contributed by atoms with van der Waals surface area (Å²) in [6.07, 6.45) is 2.61. The highest BCUT2D eigenvalue weighted by molar-refractivity contribution is 6.90. The zero-order valence-corrected chi connectivity index (χ0v) is 65.0. The Balaban J connectivity index is 0.852. The molecular weight excluding hydrogens is 1440 g/mol. The van der Waals surface area contributed by atoms with Gasteiger partial charge in [0, 0.05) is 112 Å². The molecule has 0 aliphatic carbocycles. The molecule has 8 heteroatoms. The van der Waals surface area contributed by atoms with E-state index in [1.165, 1.54) is 152 Å². The van der Waals surface area contributed by atoms with E-state index in [-0.39, 0.29) is 13.7 Å². The highest BCUT2D eigenvalue weighted by atomic mass is 15.2. The minimum absolute atomic E-state index is 0.284. The molecule has 26 rings (SSSR count). The second kappa shape index (κ2) is 25.3. The van der Waals surface area contributed by atoms with Crippen LogP contribution in [-0.4, -0.2) is 22.7 Å². The first-order chi connectivity index (χ1) is 58.9. The quantitative estimate of drug-likeness (QED) is 0.141. The van der Waals surface area contributed by atoms with Gasteiger partial charge in [0.05, 0.1) is 0 Å². The van der Waals surface area contributed by atoms with Gasteiger partial charge in [-0.15, -0.1) is 0 Å². The maximum Gasteiger partial charge on any atom is 0.333 e. The van der Waals surface area contributed by atoms with Crippen molar-refractivity contribution in [3.05, 3.63) is 433 Å². The third-order valence-corrected chi connectivity index (χ3v) is 26.3. The van der Waals surface area contributed by atoms with E-state index in [2.05, 4.69) is 442 Å². The van der Waals surface area contributed by atoms with E-state index in [0.29, 0.717) is 0 Å². The first kappa shape index (κ1) is 66.0. The topological polar surface area (TPSA) is 22.8 Å². The maximum atomic E-state index is 2.78. The normalized spacial score (nSPS) is 13.5. The molecule has 0 saturated heterocycles. The van der Waals surface area contributed by atoms with Crippen LogP contribution in [0.5, 0.6) is 0 Å². The molecule has 4 aliphatic heterocycles. The molecule has 0 unspecified atom stereocenters. The molecule has 2 aromatic heterocycles. The number of hydrogen-bond donors (Lipinski definition) is 0. The molecule has 0 radical (unpaired) electrons. The lowest BCUT2D eigenvalue weighted by atomic mass is 9.44. The molecule has 0 saturated carbocycles. The fourth-order valence-corrected chi connectivity index (χ4v) is 21.1. The van der Waals surface area contributed by atoms with E-state index in [0.717, 1.165) is 84.7 Å². The van der Waals surface area contributed by atoms with Crippen LogP contribution in [0, 0.1) is 6.92 Å². The molecule has 22 aromatic rings. The molecule has 4 aliphatic rings. The molecule has 119 heavy (non-hydrogen) atoms. The number of para-hydroxylation sites is 2. The summed E-state index contributed by atoms with van der Waals surface area (Å²) < 4.78 is 5.55. The summed E-state index contributed by atoms with van der Waals surface area (Å²) in [6.45, 7) is 1.81. The molecule has 0 bridgehead atoms. The van der Waals surface area contributed by atoms with Gasteiger partial charge in [0.15, 0.2) is 0 Å². The predicted molar refractivity (Wildman–Crippen MR) is 506 cm³/mol. The SMILES string of the molecule is Cc1c2n(c3ccccc13)B1c3cc4ccccc4cc3N(c3ccc4ccccc4c3)c3cc(N(c4ccc5ccccc5c4)c4ccc5ccccc5c4)cc(c31)/C2=c1/c2n(c3ccccc13)B1c3cc4ccccc4cc3N(c3ccc4ccccc4c3)c3cc(N(c4ccc5ccccc5c4)c4ccc5ccccc5c4)cc(c31)C=2. The number of benzene rings is 20. The largest absolute Gasteiger partial charge is 0.376 e. The standard InChI is InChI=1S/C111H70B2N6/c1-69-95-38-18-20-40-100(95)119-111(69)108(97-66-94(115(89-50-44-72-24-4-10-30-78(72)56-89)90-51-45-73-25-5-11-31-79(73)57-90)68-106-110(97)113(119)99-62-83-35-15-17-37-85(83)64-103(99)117(106)92-53-47-75-27-7-13-33-81(75)59-92)107-96-39-19-21-41-101(96)118-104(107)65-86-60-93(114(87-48-42-70-22-2-8-28-76(70)54-87)88-49-43-71-23-3-9-29-77(71)55-88)67-105-109(86)112(118)98-61-82-34-14-16-36-84(82)63-102(98)116(105)91-52-46-74-26-6-12-32-80(74)58-91/h2-68H,1H3/b108-107-. The van der Waals surface area contributed by atoms with Crippen molar-refractivity contribution in [2.45, 2.75) is 6.92 Å². The van der Waals surface area contributed by atoms with Crippen LogP contribution in [0.15, 0.2) is 400 Å². The average Bonchev–Trinajstić information content (AvgIpc) is 1.59. The maximum absolute atomic E-state index is 2.78. The number of aryl methyl sites for hydroxylation is 1.